The quantitative estimate of drug-likeness (QED) is 0.403. The summed E-state index contributed by atoms with van der Waals surface area (Å²) in [6.45, 7) is 1.47. The number of nitrogens with zero attached hydrogens (tertiary/aromatic N) is 1. The van der Waals surface area contributed by atoms with E-state index in [0.29, 0.717) is 5.69 Å². The van der Waals surface area contributed by atoms with Gasteiger partial charge < -0.3 is 26.5 Å². The number of carboxylic acids is 1. The molecule has 144 valence electrons. The van der Waals surface area contributed by atoms with Crippen molar-refractivity contribution in [3.05, 3.63) is 54.1 Å². The summed E-state index contributed by atoms with van der Waals surface area (Å²) in [6, 6.07) is 6.08. The van der Waals surface area contributed by atoms with Crippen LogP contribution >= 0.6 is 0 Å². The molecule has 0 saturated carbocycles. The van der Waals surface area contributed by atoms with Gasteiger partial charge in [0, 0.05) is 24.7 Å². The zero-order chi connectivity index (χ0) is 19.8. The Bertz CT molecular complexity index is 763. The Morgan fingerprint density at radius 2 is 1.85 bits per heavy atom. The summed E-state index contributed by atoms with van der Waals surface area (Å²) in [4.78, 5) is 42.5. The van der Waals surface area contributed by atoms with E-state index in [9.17, 15) is 19.5 Å². The van der Waals surface area contributed by atoms with Gasteiger partial charge in [0.1, 0.15) is 12.1 Å². The second kappa shape index (κ2) is 9.48. The van der Waals surface area contributed by atoms with Gasteiger partial charge in [-0.3, -0.25) is 9.59 Å². The number of carbonyl (C=O) groups is 3. The minimum absolute atomic E-state index is 0.141. The average Bonchev–Trinajstić information content (AvgIpc) is 3.14. The fraction of sp³-hybridized carbons (Fsp3) is 0.333. The lowest BCUT2D eigenvalue weighted by Crippen LogP contribution is -2.54. The van der Waals surface area contributed by atoms with Crippen molar-refractivity contribution in [2.24, 2.45) is 5.73 Å². The van der Waals surface area contributed by atoms with Gasteiger partial charge in [0.05, 0.1) is 12.4 Å². The predicted octanol–water partition coefficient (Wildman–Crippen LogP) is -0.404. The highest BCUT2D eigenvalue weighted by molar-refractivity contribution is 5.91. The molecule has 0 fully saturated rings. The number of carboxylic acid groups (broad SMARTS) is 1. The summed E-state index contributed by atoms with van der Waals surface area (Å²) in [6.07, 6.45) is 3.42. The van der Waals surface area contributed by atoms with Crippen molar-refractivity contribution >= 4 is 17.8 Å². The van der Waals surface area contributed by atoms with Gasteiger partial charge in [-0.15, -0.1) is 0 Å². The third-order valence-corrected chi connectivity index (χ3v) is 3.98. The zero-order valence-corrected chi connectivity index (χ0v) is 14.9. The van der Waals surface area contributed by atoms with Crippen LogP contribution in [0.25, 0.3) is 0 Å². The van der Waals surface area contributed by atoms with Crippen molar-refractivity contribution in [2.75, 3.05) is 0 Å². The Kier molecular flexibility index (Phi) is 7.07. The Morgan fingerprint density at radius 1 is 1.15 bits per heavy atom. The predicted molar refractivity (Wildman–Crippen MR) is 97.6 cm³/mol. The molecule has 0 aliphatic rings. The number of aliphatic carboxylic acids is 1. The number of hydrogen-bond donors (Lipinski definition) is 5. The molecule has 0 bridgehead atoms. The van der Waals surface area contributed by atoms with Crippen molar-refractivity contribution in [3.63, 3.8) is 0 Å². The monoisotopic (exact) mass is 373 g/mol. The molecule has 9 nitrogen and oxygen atoms in total. The lowest BCUT2D eigenvalue weighted by atomic mass is 10.1. The minimum atomic E-state index is -1.15. The van der Waals surface area contributed by atoms with E-state index in [1.165, 1.54) is 13.3 Å². The van der Waals surface area contributed by atoms with Crippen LogP contribution < -0.4 is 16.4 Å². The van der Waals surface area contributed by atoms with Gasteiger partial charge >= 0.3 is 5.97 Å². The first-order valence-corrected chi connectivity index (χ1v) is 8.47. The first-order chi connectivity index (χ1) is 12.9. The normalized spacial score (nSPS) is 14.0. The molecule has 3 atom stereocenters. The highest BCUT2D eigenvalue weighted by atomic mass is 16.4. The number of nitrogens with two attached hydrogens (primary N) is 1. The topological polar surface area (TPSA) is 150 Å². The largest absolute Gasteiger partial charge is 0.480 e. The van der Waals surface area contributed by atoms with Crippen LogP contribution in [0.4, 0.5) is 0 Å². The van der Waals surface area contributed by atoms with Gasteiger partial charge in [-0.05, 0) is 12.5 Å². The van der Waals surface area contributed by atoms with E-state index in [2.05, 4.69) is 20.6 Å². The Morgan fingerprint density at radius 3 is 2.44 bits per heavy atom. The van der Waals surface area contributed by atoms with Gasteiger partial charge in [-0.25, -0.2) is 9.78 Å². The third kappa shape index (κ3) is 6.23. The number of hydrogen-bond acceptors (Lipinski definition) is 5. The standard InChI is InChI=1S/C18H23N5O4/c1-11(22-17(25)14(19)8-13-9-20-10-21-13)16(24)23-15(18(26)27)7-12-5-3-2-4-6-12/h2-6,9-11,14-15H,7-8,19H2,1H3,(H,20,21)(H,22,25)(H,23,24)(H,26,27). The summed E-state index contributed by atoms with van der Waals surface area (Å²) in [5.74, 6) is -2.26. The van der Waals surface area contributed by atoms with Crippen molar-refractivity contribution in [1.82, 2.24) is 20.6 Å². The zero-order valence-electron chi connectivity index (χ0n) is 14.9. The van der Waals surface area contributed by atoms with E-state index in [1.54, 1.807) is 30.5 Å². The molecule has 3 unspecified atom stereocenters. The van der Waals surface area contributed by atoms with Crippen molar-refractivity contribution < 1.29 is 19.5 Å². The first-order valence-electron chi connectivity index (χ1n) is 8.47. The van der Waals surface area contributed by atoms with Gasteiger partial charge in [-0.2, -0.15) is 0 Å². The highest BCUT2D eigenvalue weighted by Crippen LogP contribution is 2.04. The van der Waals surface area contributed by atoms with Crippen molar-refractivity contribution in [1.29, 1.82) is 0 Å². The maximum atomic E-state index is 12.3. The van der Waals surface area contributed by atoms with Crippen LogP contribution in [0, 0.1) is 0 Å². The van der Waals surface area contributed by atoms with Gasteiger partial charge in [0.2, 0.25) is 11.8 Å². The second-order valence-electron chi connectivity index (χ2n) is 6.21. The highest BCUT2D eigenvalue weighted by Gasteiger charge is 2.25. The molecule has 2 amide bonds. The lowest BCUT2D eigenvalue weighted by molar-refractivity contribution is -0.142. The third-order valence-electron chi connectivity index (χ3n) is 3.98. The van der Waals surface area contributed by atoms with Crippen LogP contribution in [-0.4, -0.2) is 51.0 Å². The number of aromatic amines is 1. The summed E-state index contributed by atoms with van der Waals surface area (Å²) in [5, 5.41) is 14.3. The van der Waals surface area contributed by atoms with Gasteiger partial charge in [-0.1, -0.05) is 30.3 Å². The van der Waals surface area contributed by atoms with E-state index in [1.807, 2.05) is 6.07 Å². The summed E-state index contributed by atoms with van der Waals surface area (Å²) in [7, 11) is 0. The molecule has 1 aromatic heterocycles. The number of aromatic nitrogens is 2. The fourth-order valence-electron chi connectivity index (χ4n) is 2.46. The Labute approximate surface area is 156 Å². The number of carbonyl (C=O) groups excluding carboxylic acids is 2. The van der Waals surface area contributed by atoms with Crippen LogP contribution in [0.3, 0.4) is 0 Å². The number of nitrogens with one attached hydrogen (secondary N) is 3. The van der Waals surface area contributed by atoms with Crippen LogP contribution in [0.15, 0.2) is 42.9 Å². The van der Waals surface area contributed by atoms with Crippen molar-refractivity contribution in [2.45, 2.75) is 37.9 Å². The van der Waals surface area contributed by atoms with Crippen LogP contribution in [-0.2, 0) is 27.2 Å². The molecule has 9 heteroatoms. The van der Waals surface area contributed by atoms with E-state index in [0.717, 1.165) is 5.56 Å². The number of rotatable bonds is 9. The van der Waals surface area contributed by atoms with Crippen LogP contribution in [0.1, 0.15) is 18.2 Å². The Hall–Kier alpha value is -3.20. The smallest absolute Gasteiger partial charge is 0.326 e. The SMILES string of the molecule is CC(NC(=O)C(N)Cc1cnc[nH]1)C(=O)NC(Cc1ccccc1)C(=O)O. The molecule has 0 aliphatic carbocycles. The van der Waals surface area contributed by atoms with E-state index in [4.69, 9.17) is 5.73 Å². The van der Waals surface area contributed by atoms with Gasteiger partial charge in [0.25, 0.3) is 0 Å². The number of amides is 2. The minimum Gasteiger partial charge on any atom is -0.480 e. The Balaban J connectivity index is 1.88. The number of imidazole rings is 1. The molecule has 1 aromatic carbocycles. The molecule has 27 heavy (non-hydrogen) atoms. The summed E-state index contributed by atoms with van der Waals surface area (Å²) < 4.78 is 0. The molecule has 2 aromatic rings. The average molecular weight is 373 g/mol. The summed E-state index contributed by atoms with van der Waals surface area (Å²) in [5.41, 5.74) is 7.30. The number of H-pyrrole nitrogens is 1. The molecule has 2 rings (SSSR count). The molecule has 6 N–H and O–H groups in total. The van der Waals surface area contributed by atoms with Crippen LogP contribution in [0.2, 0.25) is 0 Å². The van der Waals surface area contributed by atoms with Gasteiger partial charge in [0.15, 0.2) is 0 Å². The molecular weight excluding hydrogens is 350 g/mol. The van der Waals surface area contributed by atoms with E-state index >= 15 is 0 Å². The molecule has 0 radical (unpaired) electrons. The fourth-order valence-corrected chi connectivity index (χ4v) is 2.46. The summed E-state index contributed by atoms with van der Waals surface area (Å²) >= 11 is 0. The molecular formula is C18H23N5O4. The maximum absolute atomic E-state index is 12.3. The maximum Gasteiger partial charge on any atom is 0.326 e. The molecule has 0 aliphatic heterocycles. The molecule has 1 heterocycles. The second-order valence-corrected chi connectivity index (χ2v) is 6.21. The van der Waals surface area contributed by atoms with E-state index in [-0.39, 0.29) is 12.8 Å². The molecule has 0 saturated heterocycles. The van der Waals surface area contributed by atoms with Crippen molar-refractivity contribution in [3.8, 4) is 0 Å². The van der Waals surface area contributed by atoms with Crippen LogP contribution in [0.5, 0.6) is 0 Å². The lowest BCUT2D eigenvalue weighted by Gasteiger charge is -2.20. The number of benzene rings is 1. The first kappa shape index (κ1) is 20.1. The molecule has 0 spiro atoms. The van der Waals surface area contributed by atoms with E-state index < -0.39 is 35.9 Å².